The molecule has 0 amide bonds. The summed E-state index contributed by atoms with van der Waals surface area (Å²) < 4.78 is 27.4. The highest BCUT2D eigenvalue weighted by atomic mass is 35.5. The van der Waals surface area contributed by atoms with Crippen LogP contribution in [0.1, 0.15) is 30.4 Å². The van der Waals surface area contributed by atoms with Gasteiger partial charge in [-0.1, -0.05) is 0 Å². The van der Waals surface area contributed by atoms with Gasteiger partial charge in [0, 0.05) is 25.2 Å². The van der Waals surface area contributed by atoms with Gasteiger partial charge in [0.15, 0.2) is 0 Å². The molecule has 1 saturated heterocycles. The quantitative estimate of drug-likeness (QED) is 0.626. The molecule has 0 spiro atoms. The lowest BCUT2D eigenvalue weighted by Crippen LogP contribution is -2.40. The molecule has 136 valence electrons. The Kier molecular flexibility index (Phi) is 7.15. The lowest BCUT2D eigenvalue weighted by molar-refractivity contribution is -0.385. The van der Waals surface area contributed by atoms with Crippen molar-refractivity contribution in [1.82, 2.24) is 4.31 Å². The van der Waals surface area contributed by atoms with Gasteiger partial charge in [0.05, 0.1) is 9.82 Å². The molecule has 0 saturated carbocycles. The molecule has 1 aromatic carbocycles. The van der Waals surface area contributed by atoms with Crippen molar-refractivity contribution in [2.24, 2.45) is 11.7 Å². The Balaban J connectivity index is 0.00000288. The topological polar surface area (TPSA) is 107 Å². The van der Waals surface area contributed by atoms with E-state index in [2.05, 4.69) is 0 Å². The number of benzene rings is 1. The third-order valence-electron chi connectivity index (χ3n) is 4.49. The Morgan fingerprint density at radius 3 is 2.62 bits per heavy atom. The van der Waals surface area contributed by atoms with Crippen LogP contribution in [0.15, 0.2) is 17.0 Å². The van der Waals surface area contributed by atoms with Gasteiger partial charge in [0.25, 0.3) is 5.69 Å². The molecule has 1 fully saturated rings. The van der Waals surface area contributed by atoms with Crippen molar-refractivity contribution in [2.45, 2.75) is 38.0 Å². The first-order valence-electron chi connectivity index (χ1n) is 7.73. The zero-order valence-electron chi connectivity index (χ0n) is 13.9. The summed E-state index contributed by atoms with van der Waals surface area (Å²) in [5, 5.41) is 11.0. The maximum absolute atomic E-state index is 13.0. The maximum Gasteiger partial charge on any atom is 0.271 e. The van der Waals surface area contributed by atoms with E-state index in [1.54, 1.807) is 13.8 Å². The summed E-state index contributed by atoms with van der Waals surface area (Å²) in [6, 6.07) is 2.58. The van der Waals surface area contributed by atoms with Crippen molar-refractivity contribution in [3.63, 3.8) is 0 Å². The number of nitrogens with two attached hydrogens (primary N) is 1. The van der Waals surface area contributed by atoms with E-state index in [0.717, 1.165) is 19.3 Å². The molecule has 7 nitrogen and oxygen atoms in total. The summed E-state index contributed by atoms with van der Waals surface area (Å²) in [4.78, 5) is 10.5. The standard InChI is InChI=1S/C15H23N3O4S.ClH/c1-11-8-14(18(19)20)9-15(12(11)2)23(21,22)17-7-3-4-13(10-17)5-6-16;/h8-9,13H,3-7,10,16H2,1-2H3;1H. The highest BCUT2D eigenvalue weighted by Crippen LogP contribution is 2.30. The number of non-ortho nitro benzene ring substituents is 1. The third kappa shape index (κ3) is 4.24. The number of nitro groups is 1. The molecule has 1 aromatic rings. The second-order valence-electron chi connectivity index (χ2n) is 6.09. The molecular formula is C15H24ClN3O4S. The molecule has 1 aliphatic heterocycles. The Hall–Kier alpha value is -1.22. The molecule has 24 heavy (non-hydrogen) atoms. The second kappa shape index (κ2) is 8.24. The van der Waals surface area contributed by atoms with Crippen LogP contribution < -0.4 is 5.73 Å². The molecule has 1 heterocycles. The number of piperidine rings is 1. The zero-order valence-corrected chi connectivity index (χ0v) is 15.5. The van der Waals surface area contributed by atoms with Crippen LogP contribution in [0.3, 0.4) is 0 Å². The number of hydrogen-bond acceptors (Lipinski definition) is 5. The summed E-state index contributed by atoms with van der Waals surface area (Å²) in [7, 11) is -3.73. The van der Waals surface area contributed by atoms with Crippen LogP contribution in [0.25, 0.3) is 0 Å². The van der Waals surface area contributed by atoms with E-state index >= 15 is 0 Å². The number of halogens is 1. The summed E-state index contributed by atoms with van der Waals surface area (Å²) in [5.74, 6) is 0.253. The van der Waals surface area contributed by atoms with Gasteiger partial charge < -0.3 is 5.73 Å². The highest BCUT2D eigenvalue weighted by Gasteiger charge is 2.32. The van der Waals surface area contributed by atoms with Crippen LogP contribution in [-0.4, -0.2) is 37.3 Å². The van der Waals surface area contributed by atoms with E-state index < -0.39 is 14.9 Å². The normalized spacial score (nSPS) is 18.9. The number of rotatable bonds is 5. The molecule has 2 N–H and O–H groups in total. The minimum absolute atomic E-state index is 0. The second-order valence-corrected chi connectivity index (χ2v) is 8.00. The van der Waals surface area contributed by atoms with Crippen molar-refractivity contribution in [3.8, 4) is 0 Å². The Labute approximate surface area is 148 Å². The van der Waals surface area contributed by atoms with Gasteiger partial charge in [-0.05, 0) is 56.7 Å². The smallest absolute Gasteiger partial charge is 0.271 e. The van der Waals surface area contributed by atoms with Gasteiger partial charge in [-0.2, -0.15) is 4.31 Å². The lowest BCUT2D eigenvalue weighted by Gasteiger charge is -2.32. The number of sulfonamides is 1. The van der Waals surface area contributed by atoms with Crippen LogP contribution in [0.4, 0.5) is 5.69 Å². The molecule has 1 atom stereocenters. The minimum Gasteiger partial charge on any atom is -0.330 e. The molecule has 1 aliphatic rings. The third-order valence-corrected chi connectivity index (χ3v) is 6.48. The molecule has 1 unspecified atom stereocenters. The van der Waals surface area contributed by atoms with Crippen molar-refractivity contribution < 1.29 is 13.3 Å². The predicted molar refractivity (Wildman–Crippen MR) is 95.0 cm³/mol. The first kappa shape index (κ1) is 20.8. The summed E-state index contributed by atoms with van der Waals surface area (Å²) in [6.07, 6.45) is 2.55. The van der Waals surface area contributed by atoms with Crippen LogP contribution >= 0.6 is 12.4 Å². The van der Waals surface area contributed by atoms with Gasteiger partial charge in [-0.3, -0.25) is 10.1 Å². The molecule has 0 bridgehead atoms. The van der Waals surface area contributed by atoms with Gasteiger partial charge in [-0.25, -0.2) is 8.42 Å². The Morgan fingerprint density at radius 1 is 1.38 bits per heavy atom. The Bertz CT molecular complexity index is 707. The molecule has 2 rings (SSSR count). The Morgan fingerprint density at radius 2 is 2.04 bits per heavy atom. The molecular weight excluding hydrogens is 354 g/mol. The number of nitrogens with zero attached hydrogens (tertiary/aromatic N) is 2. The van der Waals surface area contributed by atoms with Gasteiger partial charge in [-0.15, -0.1) is 12.4 Å². The van der Waals surface area contributed by atoms with Crippen LogP contribution in [0.5, 0.6) is 0 Å². The van der Waals surface area contributed by atoms with E-state index in [4.69, 9.17) is 5.73 Å². The summed E-state index contributed by atoms with van der Waals surface area (Å²) in [6.45, 7) is 4.79. The van der Waals surface area contributed by atoms with E-state index in [9.17, 15) is 18.5 Å². The number of nitro benzene ring substituents is 1. The maximum atomic E-state index is 13.0. The van der Waals surface area contributed by atoms with E-state index in [1.807, 2.05) is 0 Å². The molecule has 0 aliphatic carbocycles. The average molecular weight is 378 g/mol. The van der Waals surface area contributed by atoms with Crippen molar-refractivity contribution in [1.29, 1.82) is 0 Å². The number of aryl methyl sites for hydroxylation is 1. The van der Waals surface area contributed by atoms with E-state index in [0.29, 0.717) is 30.8 Å². The molecule has 9 heteroatoms. The zero-order chi connectivity index (χ0) is 17.2. The predicted octanol–water partition coefficient (Wildman–Crippen LogP) is 2.38. The SMILES string of the molecule is Cc1cc([N+](=O)[O-])cc(S(=O)(=O)N2CCCC(CCN)C2)c1C.Cl. The van der Waals surface area contributed by atoms with Gasteiger partial charge in [0.2, 0.25) is 10.0 Å². The molecule has 0 aromatic heterocycles. The van der Waals surface area contributed by atoms with Crippen molar-refractivity contribution >= 4 is 28.1 Å². The fourth-order valence-electron chi connectivity index (χ4n) is 3.04. The lowest BCUT2D eigenvalue weighted by atomic mass is 9.96. The van der Waals surface area contributed by atoms with Crippen molar-refractivity contribution in [3.05, 3.63) is 33.4 Å². The summed E-state index contributed by atoms with van der Waals surface area (Å²) >= 11 is 0. The number of hydrogen-bond donors (Lipinski definition) is 1. The summed E-state index contributed by atoms with van der Waals surface area (Å²) in [5.41, 5.74) is 6.56. The fourth-order valence-corrected chi connectivity index (χ4v) is 4.91. The van der Waals surface area contributed by atoms with Gasteiger partial charge >= 0.3 is 0 Å². The first-order chi connectivity index (χ1) is 10.8. The van der Waals surface area contributed by atoms with Crippen LogP contribution in [0, 0.1) is 29.9 Å². The van der Waals surface area contributed by atoms with Crippen LogP contribution in [0.2, 0.25) is 0 Å². The van der Waals surface area contributed by atoms with Crippen molar-refractivity contribution in [2.75, 3.05) is 19.6 Å². The monoisotopic (exact) mass is 377 g/mol. The van der Waals surface area contributed by atoms with E-state index in [-0.39, 0.29) is 28.9 Å². The van der Waals surface area contributed by atoms with E-state index in [1.165, 1.54) is 16.4 Å². The average Bonchev–Trinajstić information content (AvgIpc) is 2.50. The minimum atomic E-state index is -3.73. The molecule has 0 radical (unpaired) electrons. The highest BCUT2D eigenvalue weighted by molar-refractivity contribution is 7.89. The first-order valence-corrected chi connectivity index (χ1v) is 9.17. The largest absolute Gasteiger partial charge is 0.330 e. The van der Waals surface area contributed by atoms with Crippen LogP contribution in [-0.2, 0) is 10.0 Å². The fraction of sp³-hybridized carbons (Fsp3) is 0.600. The van der Waals surface area contributed by atoms with Gasteiger partial charge in [0.1, 0.15) is 0 Å².